The highest BCUT2D eigenvalue weighted by molar-refractivity contribution is 5.27. The Morgan fingerprint density at radius 1 is 1.38 bits per heavy atom. The first-order valence-electron chi connectivity index (χ1n) is 6.40. The minimum absolute atomic E-state index is 0.147. The second kappa shape index (κ2) is 6.28. The second-order valence-electron chi connectivity index (χ2n) is 4.72. The van der Waals surface area contributed by atoms with E-state index in [0.717, 1.165) is 18.0 Å². The van der Waals surface area contributed by atoms with Gasteiger partial charge in [0.25, 0.3) is 0 Å². The third-order valence-corrected chi connectivity index (χ3v) is 3.14. The second-order valence-corrected chi connectivity index (χ2v) is 4.72. The summed E-state index contributed by atoms with van der Waals surface area (Å²) < 4.78 is 39.6. The van der Waals surface area contributed by atoms with Crippen LogP contribution >= 0.6 is 0 Å². The van der Waals surface area contributed by atoms with Gasteiger partial charge in [0.2, 0.25) is 0 Å². The van der Waals surface area contributed by atoms with Crippen LogP contribution in [0.2, 0.25) is 0 Å². The van der Waals surface area contributed by atoms with Crippen molar-refractivity contribution >= 4 is 0 Å². The van der Waals surface area contributed by atoms with Crippen molar-refractivity contribution in [2.45, 2.75) is 18.8 Å². The number of hydrogen-bond acceptors (Lipinski definition) is 3. The van der Waals surface area contributed by atoms with Gasteiger partial charge in [-0.3, -0.25) is 0 Å². The molecule has 0 saturated heterocycles. The van der Waals surface area contributed by atoms with E-state index in [1.54, 1.807) is 12.4 Å². The molecule has 0 fully saturated rings. The van der Waals surface area contributed by atoms with Crippen LogP contribution in [-0.4, -0.2) is 21.2 Å². The van der Waals surface area contributed by atoms with Crippen LogP contribution in [0.25, 0.3) is 0 Å². The van der Waals surface area contributed by atoms with E-state index < -0.39 is 17.8 Å². The molecule has 0 radical (unpaired) electrons. The minimum atomic E-state index is -4.41. The Morgan fingerprint density at radius 3 is 2.76 bits per heavy atom. The fraction of sp³-hybridized carbons (Fsp3) is 0.357. The first-order chi connectivity index (χ1) is 9.88. The largest absolute Gasteiger partial charge is 0.416 e. The summed E-state index contributed by atoms with van der Waals surface area (Å²) in [6, 6.07) is 4.72. The number of benzene rings is 1. The fourth-order valence-electron chi connectivity index (χ4n) is 1.93. The SMILES string of the molecule is Cn1ccnc1CNCC(O)c1cccc(C(F)(F)F)c1. The minimum Gasteiger partial charge on any atom is -0.387 e. The van der Waals surface area contributed by atoms with Gasteiger partial charge >= 0.3 is 6.18 Å². The summed E-state index contributed by atoms with van der Waals surface area (Å²) in [5, 5.41) is 12.9. The lowest BCUT2D eigenvalue weighted by Gasteiger charge is -2.14. The lowest BCUT2D eigenvalue weighted by atomic mass is 10.1. The van der Waals surface area contributed by atoms with Crippen LogP contribution in [0, 0.1) is 0 Å². The molecule has 1 heterocycles. The standard InChI is InChI=1S/C14H16F3N3O/c1-20-6-5-19-13(20)9-18-8-12(21)10-3-2-4-11(7-10)14(15,16)17/h2-7,12,18,21H,8-9H2,1H3. The van der Waals surface area contributed by atoms with Gasteiger partial charge in [0.1, 0.15) is 5.82 Å². The van der Waals surface area contributed by atoms with Gasteiger partial charge in [-0.25, -0.2) is 4.98 Å². The van der Waals surface area contributed by atoms with Crippen molar-refractivity contribution in [1.82, 2.24) is 14.9 Å². The van der Waals surface area contributed by atoms with Crippen molar-refractivity contribution in [2.24, 2.45) is 7.05 Å². The predicted molar refractivity (Wildman–Crippen MR) is 71.3 cm³/mol. The third kappa shape index (κ3) is 4.05. The topological polar surface area (TPSA) is 50.1 Å². The zero-order chi connectivity index (χ0) is 15.5. The van der Waals surface area contributed by atoms with Gasteiger partial charge < -0.3 is 15.0 Å². The molecular weight excluding hydrogens is 283 g/mol. The Morgan fingerprint density at radius 2 is 2.14 bits per heavy atom. The summed E-state index contributed by atoms with van der Waals surface area (Å²) in [6.07, 6.45) is -1.97. The van der Waals surface area contributed by atoms with Gasteiger partial charge in [-0.05, 0) is 17.7 Å². The van der Waals surface area contributed by atoms with E-state index in [2.05, 4.69) is 10.3 Å². The summed E-state index contributed by atoms with van der Waals surface area (Å²) in [5.41, 5.74) is -0.527. The van der Waals surface area contributed by atoms with Crippen molar-refractivity contribution in [3.63, 3.8) is 0 Å². The van der Waals surface area contributed by atoms with E-state index in [0.29, 0.717) is 6.54 Å². The first-order valence-corrected chi connectivity index (χ1v) is 6.40. The van der Waals surface area contributed by atoms with Crippen molar-refractivity contribution in [3.8, 4) is 0 Å². The number of aryl methyl sites for hydroxylation is 1. The molecule has 0 amide bonds. The number of halogens is 3. The number of imidazole rings is 1. The Balaban J connectivity index is 1.94. The van der Waals surface area contributed by atoms with Crippen molar-refractivity contribution in [2.75, 3.05) is 6.54 Å². The number of aliphatic hydroxyl groups excluding tert-OH is 1. The molecule has 0 spiro atoms. The summed E-state index contributed by atoms with van der Waals surface area (Å²) in [4.78, 5) is 4.10. The molecule has 0 aliphatic carbocycles. The van der Waals surface area contributed by atoms with Crippen LogP contribution in [0.4, 0.5) is 13.2 Å². The lowest BCUT2D eigenvalue weighted by molar-refractivity contribution is -0.137. The Hall–Kier alpha value is -1.86. The molecule has 7 heteroatoms. The monoisotopic (exact) mass is 299 g/mol. The van der Waals surface area contributed by atoms with E-state index in [1.807, 2.05) is 11.6 Å². The molecule has 1 aromatic heterocycles. The number of rotatable bonds is 5. The summed E-state index contributed by atoms with van der Waals surface area (Å²) >= 11 is 0. The summed E-state index contributed by atoms with van der Waals surface area (Å²) in [5.74, 6) is 0.784. The molecular formula is C14H16F3N3O. The van der Waals surface area contributed by atoms with Crippen LogP contribution in [0.3, 0.4) is 0 Å². The molecule has 2 N–H and O–H groups in total. The third-order valence-electron chi connectivity index (χ3n) is 3.14. The maximum Gasteiger partial charge on any atom is 0.416 e. The van der Waals surface area contributed by atoms with E-state index >= 15 is 0 Å². The predicted octanol–water partition coefficient (Wildman–Crippen LogP) is 2.26. The van der Waals surface area contributed by atoms with Gasteiger partial charge in [-0.2, -0.15) is 13.2 Å². The molecule has 1 aromatic carbocycles. The molecule has 2 rings (SSSR count). The molecule has 0 aliphatic rings. The van der Waals surface area contributed by atoms with Crippen LogP contribution in [0.15, 0.2) is 36.7 Å². The van der Waals surface area contributed by atoms with E-state index in [4.69, 9.17) is 0 Å². The number of aromatic nitrogens is 2. The fourth-order valence-corrected chi connectivity index (χ4v) is 1.93. The summed E-state index contributed by atoms with van der Waals surface area (Å²) in [6.45, 7) is 0.577. The molecule has 0 aliphatic heterocycles. The van der Waals surface area contributed by atoms with Crippen molar-refractivity contribution in [1.29, 1.82) is 0 Å². The van der Waals surface area contributed by atoms with Crippen LogP contribution < -0.4 is 5.32 Å². The highest BCUT2D eigenvalue weighted by Gasteiger charge is 2.30. The number of nitrogens with one attached hydrogen (secondary N) is 1. The molecule has 0 saturated carbocycles. The smallest absolute Gasteiger partial charge is 0.387 e. The molecule has 21 heavy (non-hydrogen) atoms. The van der Waals surface area contributed by atoms with Gasteiger partial charge in [0, 0.05) is 26.0 Å². The van der Waals surface area contributed by atoms with Gasteiger partial charge in [-0.1, -0.05) is 12.1 Å². The van der Waals surface area contributed by atoms with Gasteiger partial charge in [0.15, 0.2) is 0 Å². The number of hydrogen-bond donors (Lipinski definition) is 2. The Bertz CT molecular complexity index is 595. The highest BCUT2D eigenvalue weighted by Crippen LogP contribution is 2.30. The lowest BCUT2D eigenvalue weighted by Crippen LogP contribution is -2.22. The quantitative estimate of drug-likeness (QED) is 0.890. The maximum absolute atomic E-state index is 12.6. The molecule has 4 nitrogen and oxygen atoms in total. The maximum atomic E-state index is 12.6. The average molecular weight is 299 g/mol. The Labute approximate surface area is 120 Å². The highest BCUT2D eigenvalue weighted by atomic mass is 19.4. The zero-order valence-electron chi connectivity index (χ0n) is 11.4. The molecule has 1 atom stereocenters. The average Bonchev–Trinajstić information content (AvgIpc) is 2.83. The number of aliphatic hydroxyl groups is 1. The van der Waals surface area contributed by atoms with Crippen molar-refractivity contribution in [3.05, 3.63) is 53.6 Å². The van der Waals surface area contributed by atoms with Crippen molar-refractivity contribution < 1.29 is 18.3 Å². The molecule has 2 aromatic rings. The van der Waals surface area contributed by atoms with Crippen LogP contribution in [0.5, 0.6) is 0 Å². The van der Waals surface area contributed by atoms with E-state index in [9.17, 15) is 18.3 Å². The molecule has 0 bridgehead atoms. The summed E-state index contributed by atoms with van der Waals surface area (Å²) in [7, 11) is 1.84. The molecule has 114 valence electrons. The normalized spacial score (nSPS) is 13.4. The Kier molecular flexibility index (Phi) is 4.64. The van der Waals surface area contributed by atoms with Crippen LogP contribution in [-0.2, 0) is 19.8 Å². The van der Waals surface area contributed by atoms with Gasteiger partial charge in [-0.15, -0.1) is 0 Å². The van der Waals surface area contributed by atoms with Gasteiger partial charge in [0.05, 0.1) is 18.2 Å². The van der Waals surface area contributed by atoms with Crippen LogP contribution in [0.1, 0.15) is 23.1 Å². The zero-order valence-corrected chi connectivity index (χ0v) is 11.4. The van der Waals surface area contributed by atoms with E-state index in [-0.39, 0.29) is 12.1 Å². The first kappa shape index (κ1) is 15.5. The van der Waals surface area contributed by atoms with E-state index in [1.165, 1.54) is 12.1 Å². The molecule has 1 unspecified atom stereocenters. The number of alkyl halides is 3. The number of nitrogens with zero attached hydrogens (tertiary/aromatic N) is 2.